The van der Waals surface area contributed by atoms with E-state index in [-0.39, 0.29) is 12.8 Å². The van der Waals surface area contributed by atoms with Crippen LogP contribution in [0.1, 0.15) is 17.5 Å². The fraction of sp³-hybridized carbons (Fsp3) is 0.286. The van der Waals surface area contributed by atoms with Gasteiger partial charge in [0, 0.05) is 6.42 Å². The number of aryl methyl sites for hydroxylation is 1. The van der Waals surface area contributed by atoms with Crippen molar-refractivity contribution in [3.63, 3.8) is 0 Å². The number of ether oxygens (including phenoxy) is 2. The number of carbonyl (C=O) groups is 3. The monoisotopic (exact) mass is 352 g/mol. The van der Waals surface area contributed by atoms with Crippen LogP contribution in [-0.4, -0.2) is 30.4 Å². The normalized spacial score (nSPS) is 22.1. The van der Waals surface area contributed by atoms with Crippen LogP contribution < -0.4 is 0 Å². The van der Waals surface area contributed by atoms with Gasteiger partial charge in [0.1, 0.15) is 0 Å². The molecule has 26 heavy (non-hydrogen) atoms. The highest BCUT2D eigenvalue weighted by Crippen LogP contribution is 2.38. The summed E-state index contributed by atoms with van der Waals surface area (Å²) in [6.45, 7) is 0. The Morgan fingerprint density at radius 3 is 2.15 bits per heavy atom. The fourth-order valence-electron chi connectivity index (χ4n) is 3.41. The van der Waals surface area contributed by atoms with Gasteiger partial charge in [0.15, 0.2) is 0 Å². The maximum atomic E-state index is 12.6. The zero-order valence-corrected chi connectivity index (χ0v) is 14.5. The largest absolute Gasteiger partial charge is 0.466 e. The third-order valence-electron chi connectivity index (χ3n) is 4.80. The highest BCUT2D eigenvalue weighted by atomic mass is 16.6. The molecule has 2 aromatic rings. The highest BCUT2D eigenvalue weighted by molar-refractivity contribution is 6.38. The summed E-state index contributed by atoms with van der Waals surface area (Å²) in [4.78, 5) is 37.1. The fourth-order valence-corrected chi connectivity index (χ4v) is 3.41. The summed E-state index contributed by atoms with van der Waals surface area (Å²) in [5.74, 6) is -3.22. The number of hydrogen-bond acceptors (Lipinski definition) is 5. The molecule has 2 unspecified atom stereocenters. The molecule has 1 saturated heterocycles. The number of carbonyl (C=O) groups excluding carboxylic acids is 3. The van der Waals surface area contributed by atoms with E-state index >= 15 is 0 Å². The van der Waals surface area contributed by atoms with Crippen molar-refractivity contribution in [1.29, 1.82) is 0 Å². The molecule has 1 fully saturated rings. The summed E-state index contributed by atoms with van der Waals surface area (Å²) in [5, 5.41) is 0. The second kappa shape index (κ2) is 7.52. The van der Waals surface area contributed by atoms with Crippen molar-refractivity contribution >= 4 is 17.7 Å². The Labute approximate surface area is 151 Å². The molecule has 0 amide bonds. The molecule has 5 nitrogen and oxygen atoms in total. The summed E-state index contributed by atoms with van der Waals surface area (Å²) in [7, 11) is 1.24. The predicted molar refractivity (Wildman–Crippen MR) is 94.2 cm³/mol. The van der Waals surface area contributed by atoms with Gasteiger partial charge in [-0.3, -0.25) is 4.79 Å². The average Bonchev–Trinajstić information content (AvgIpc) is 2.93. The minimum absolute atomic E-state index is 0.193. The smallest absolute Gasteiger partial charge is 0.376 e. The molecule has 1 aliphatic rings. The molecule has 0 aromatic heterocycles. The van der Waals surface area contributed by atoms with E-state index < -0.39 is 29.2 Å². The number of esters is 2. The molecule has 134 valence electrons. The van der Waals surface area contributed by atoms with E-state index in [1.54, 1.807) is 0 Å². The predicted octanol–water partition coefficient (Wildman–Crippen LogP) is 2.52. The average molecular weight is 352 g/mol. The Bertz CT molecular complexity index is 800. The minimum Gasteiger partial charge on any atom is -0.466 e. The van der Waals surface area contributed by atoms with Crippen molar-refractivity contribution in [1.82, 2.24) is 0 Å². The molecule has 5 heteroatoms. The first kappa shape index (κ1) is 17.9. The Morgan fingerprint density at radius 2 is 1.58 bits per heavy atom. The lowest BCUT2D eigenvalue weighted by atomic mass is 9.78. The number of rotatable bonds is 6. The Morgan fingerprint density at radius 1 is 1.00 bits per heavy atom. The lowest BCUT2D eigenvalue weighted by molar-refractivity contribution is -0.176. The molecule has 1 heterocycles. The van der Waals surface area contributed by atoms with Crippen LogP contribution in [0.3, 0.4) is 0 Å². The van der Waals surface area contributed by atoms with E-state index in [0.717, 1.165) is 11.1 Å². The topological polar surface area (TPSA) is 69.7 Å². The van der Waals surface area contributed by atoms with Crippen LogP contribution in [0.2, 0.25) is 0 Å². The molecule has 2 aromatic carbocycles. The van der Waals surface area contributed by atoms with E-state index in [1.165, 1.54) is 7.11 Å². The number of benzene rings is 2. The maximum Gasteiger partial charge on any atom is 0.376 e. The lowest BCUT2D eigenvalue weighted by Gasteiger charge is -2.29. The first-order valence-corrected chi connectivity index (χ1v) is 8.50. The van der Waals surface area contributed by atoms with Crippen LogP contribution in [0.15, 0.2) is 60.7 Å². The number of methoxy groups -OCH3 is 1. The third kappa shape index (κ3) is 3.38. The molecule has 0 saturated carbocycles. The Balaban J connectivity index is 1.92. The van der Waals surface area contributed by atoms with Gasteiger partial charge in [-0.1, -0.05) is 60.7 Å². The maximum absolute atomic E-state index is 12.6. The van der Waals surface area contributed by atoms with E-state index in [0.29, 0.717) is 6.42 Å². The zero-order valence-electron chi connectivity index (χ0n) is 14.5. The van der Waals surface area contributed by atoms with Gasteiger partial charge in [-0.15, -0.1) is 0 Å². The van der Waals surface area contributed by atoms with E-state index in [1.807, 2.05) is 60.7 Å². The first-order chi connectivity index (χ1) is 12.6. The highest BCUT2D eigenvalue weighted by Gasteiger charge is 2.60. The SMILES string of the molecule is COC(=O)C1(CCc2ccccc2)OC(=O)C(=O)C1Cc1ccccc1. The quantitative estimate of drug-likeness (QED) is 0.590. The summed E-state index contributed by atoms with van der Waals surface area (Å²) in [5.41, 5.74) is 0.260. The molecule has 0 aliphatic carbocycles. The van der Waals surface area contributed by atoms with Gasteiger partial charge in [-0.05, 0) is 24.0 Å². The second-order valence-corrected chi connectivity index (χ2v) is 6.36. The van der Waals surface area contributed by atoms with Gasteiger partial charge in [-0.25, -0.2) is 9.59 Å². The number of ketones is 1. The van der Waals surface area contributed by atoms with Gasteiger partial charge in [0.2, 0.25) is 11.4 Å². The van der Waals surface area contributed by atoms with E-state index in [9.17, 15) is 14.4 Å². The van der Waals surface area contributed by atoms with E-state index in [2.05, 4.69) is 0 Å². The van der Waals surface area contributed by atoms with Crippen molar-refractivity contribution in [3.05, 3.63) is 71.8 Å². The van der Waals surface area contributed by atoms with Gasteiger partial charge in [0.05, 0.1) is 13.0 Å². The third-order valence-corrected chi connectivity index (χ3v) is 4.80. The van der Waals surface area contributed by atoms with Crippen LogP contribution in [0.4, 0.5) is 0 Å². The number of cyclic esters (lactones) is 1. The molecular weight excluding hydrogens is 332 g/mol. The van der Waals surface area contributed by atoms with Crippen LogP contribution in [0.5, 0.6) is 0 Å². The summed E-state index contributed by atoms with van der Waals surface area (Å²) < 4.78 is 10.3. The second-order valence-electron chi connectivity index (χ2n) is 6.36. The molecule has 0 spiro atoms. The molecule has 0 radical (unpaired) electrons. The van der Waals surface area contributed by atoms with Crippen molar-refractivity contribution in [2.24, 2.45) is 5.92 Å². The van der Waals surface area contributed by atoms with Crippen molar-refractivity contribution in [2.75, 3.05) is 7.11 Å². The van der Waals surface area contributed by atoms with Gasteiger partial charge < -0.3 is 9.47 Å². The molecule has 1 aliphatic heterocycles. The lowest BCUT2D eigenvalue weighted by Crippen LogP contribution is -2.47. The van der Waals surface area contributed by atoms with Gasteiger partial charge in [0.25, 0.3) is 0 Å². The van der Waals surface area contributed by atoms with Crippen molar-refractivity contribution in [2.45, 2.75) is 24.9 Å². The molecule has 0 N–H and O–H groups in total. The summed E-state index contributed by atoms with van der Waals surface area (Å²) in [6, 6.07) is 18.8. The molecular formula is C21H20O5. The van der Waals surface area contributed by atoms with Gasteiger partial charge in [-0.2, -0.15) is 0 Å². The number of Topliss-reactive ketones (excluding diaryl/α,β-unsaturated/α-hetero) is 1. The van der Waals surface area contributed by atoms with Crippen molar-refractivity contribution in [3.8, 4) is 0 Å². The first-order valence-electron chi connectivity index (χ1n) is 8.50. The van der Waals surface area contributed by atoms with Crippen LogP contribution >= 0.6 is 0 Å². The van der Waals surface area contributed by atoms with Crippen LogP contribution in [0, 0.1) is 5.92 Å². The molecule has 0 bridgehead atoms. The van der Waals surface area contributed by atoms with Crippen LogP contribution in [0.25, 0.3) is 0 Å². The van der Waals surface area contributed by atoms with Gasteiger partial charge >= 0.3 is 11.9 Å². The Kier molecular flexibility index (Phi) is 5.16. The number of hydrogen-bond donors (Lipinski definition) is 0. The standard InChI is InChI=1S/C21H20O5/c1-25-20(24)21(13-12-15-8-4-2-5-9-15)17(18(22)19(23)26-21)14-16-10-6-3-7-11-16/h2-11,17H,12-14H2,1H3. The van der Waals surface area contributed by atoms with Crippen LogP contribution in [-0.2, 0) is 36.7 Å². The van der Waals surface area contributed by atoms with E-state index in [4.69, 9.17) is 9.47 Å². The Hall–Kier alpha value is -2.95. The van der Waals surface area contributed by atoms with Crippen molar-refractivity contribution < 1.29 is 23.9 Å². The minimum atomic E-state index is -1.59. The summed E-state index contributed by atoms with van der Waals surface area (Å²) >= 11 is 0. The molecule has 3 rings (SSSR count). The zero-order chi connectivity index (χ0) is 18.6. The summed E-state index contributed by atoms with van der Waals surface area (Å²) in [6.07, 6.45) is 0.926. The molecule has 2 atom stereocenters.